The SMILES string of the molecule is O=C([O-])CN=Nc1c(Cl)cc(Cl)cc1Cl. The fraction of sp³-hybridized carbons (Fsp3) is 0.125. The van der Waals surface area contributed by atoms with Crippen LogP contribution in [0, 0.1) is 0 Å². The zero-order chi connectivity index (χ0) is 11.4. The first kappa shape index (κ1) is 12.2. The van der Waals surface area contributed by atoms with E-state index in [-0.39, 0.29) is 15.7 Å². The first-order valence-electron chi connectivity index (χ1n) is 3.72. The molecule has 4 nitrogen and oxygen atoms in total. The number of benzene rings is 1. The van der Waals surface area contributed by atoms with Crippen molar-refractivity contribution >= 4 is 46.5 Å². The summed E-state index contributed by atoms with van der Waals surface area (Å²) in [5, 5.41) is 17.7. The summed E-state index contributed by atoms with van der Waals surface area (Å²) in [6.07, 6.45) is 0. The number of azo groups is 1. The minimum absolute atomic E-state index is 0.184. The van der Waals surface area contributed by atoms with Gasteiger partial charge in [-0.1, -0.05) is 34.8 Å². The average molecular weight is 266 g/mol. The van der Waals surface area contributed by atoms with Gasteiger partial charge >= 0.3 is 0 Å². The summed E-state index contributed by atoms with van der Waals surface area (Å²) in [4.78, 5) is 10.1. The van der Waals surface area contributed by atoms with Gasteiger partial charge in [-0.2, -0.15) is 10.2 Å². The topological polar surface area (TPSA) is 64.8 Å². The number of carboxylic acids is 1. The summed E-state index contributed by atoms with van der Waals surface area (Å²) in [6.45, 7) is -0.546. The van der Waals surface area contributed by atoms with Gasteiger partial charge in [-0.3, -0.25) is 0 Å². The van der Waals surface area contributed by atoms with Crippen molar-refractivity contribution in [3.05, 3.63) is 27.2 Å². The first-order chi connectivity index (χ1) is 7.00. The Labute approximate surface area is 100 Å². The smallest absolute Gasteiger partial charge is 0.123 e. The van der Waals surface area contributed by atoms with Gasteiger partial charge in [-0.05, 0) is 12.1 Å². The second kappa shape index (κ2) is 5.30. The van der Waals surface area contributed by atoms with Crippen LogP contribution in [0.3, 0.4) is 0 Å². The standard InChI is InChI=1S/C8H5Cl3N2O2/c9-4-1-5(10)8(6(11)2-4)13-12-3-7(14)15/h1-2H,3H2,(H,14,15)/p-1. The molecule has 0 aliphatic heterocycles. The van der Waals surface area contributed by atoms with Gasteiger partial charge in [0.05, 0.1) is 22.6 Å². The van der Waals surface area contributed by atoms with E-state index in [9.17, 15) is 9.90 Å². The van der Waals surface area contributed by atoms with Gasteiger partial charge < -0.3 is 9.90 Å². The Morgan fingerprint density at radius 3 is 2.27 bits per heavy atom. The molecule has 1 aromatic carbocycles. The van der Waals surface area contributed by atoms with E-state index < -0.39 is 12.5 Å². The lowest BCUT2D eigenvalue weighted by Crippen LogP contribution is -2.24. The molecule has 0 N–H and O–H groups in total. The predicted octanol–water partition coefficient (Wildman–Crippen LogP) is 2.48. The van der Waals surface area contributed by atoms with Crippen LogP contribution < -0.4 is 5.11 Å². The molecule has 1 rings (SSSR count). The molecule has 0 aromatic heterocycles. The molecule has 1 aromatic rings. The third-order valence-electron chi connectivity index (χ3n) is 1.35. The maximum absolute atomic E-state index is 10.1. The lowest BCUT2D eigenvalue weighted by molar-refractivity contribution is -0.303. The third kappa shape index (κ3) is 3.66. The largest absolute Gasteiger partial charge is 0.548 e. The summed E-state index contributed by atoms with van der Waals surface area (Å²) < 4.78 is 0. The molecule has 0 unspecified atom stereocenters. The van der Waals surface area contributed by atoms with Gasteiger partial charge in [0, 0.05) is 5.02 Å². The molecule has 0 fully saturated rings. The minimum Gasteiger partial charge on any atom is -0.548 e. The molecular weight excluding hydrogens is 262 g/mol. The van der Waals surface area contributed by atoms with Gasteiger partial charge in [-0.15, -0.1) is 0 Å². The third-order valence-corrected chi connectivity index (χ3v) is 2.15. The molecule has 0 bridgehead atoms. The van der Waals surface area contributed by atoms with E-state index in [0.717, 1.165) is 0 Å². The fourth-order valence-corrected chi connectivity index (χ4v) is 1.69. The number of aliphatic carboxylic acids is 1. The van der Waals surface area contributed by atoms with Crippen LogP contribution in [0.15, 0.2) is 22.4 Å². The molecule has 0 spiro atoms. The van der Waals surface area contributed by atoms with Crippen molar-refractivity contribution in [1.82, 2.24) is 0 Å². The lowest BCUT2D eigenvalue weighted by atomic mass is 10.3. The maximum Gasteiger partial charge on any atom is 0.123 e. The van der Waals surface area contributed by atoms with Crippen molar-refractivity contribution in [2.75, 3.05) is 6.54 Å². The van der Waals surface area contributed by atoms with E-state index >= 15 is 0 Å². The fourth-order valence-electron chi connectivity index (χ4n) is 0.794. The summed E-state index contributed by atoms with van der Waals surface area (Å²) in [6, 6.07) is 2.87. The highest BCUT2D eigenvalue weighted by molar-refractivity contribution is 6.41. The molecular formula is C8H4Cl3N2O2-. The van der Waals surface area contributed by atoms with E-state index in [2.05, 4.69) is 10.2 Å². The highest BCUT2D eigenvalue weighted by Gasteiger charge is 2.06. The van der Waals surface area contributed by atoms with E-state index in [0.29, 0.717) is 5.02 Å². The highest BCUT2D eigenvalue weighted by Crippen LogP contribution is 2.35. The number of rotatable bonds is 3. The molecule has 0 saturated carbocycles. The summed E-state index contributed by atoms with van der Waals surface area (Å²) >= 11 is 17.2. The zero-order valence-corrected chi connectivity index (χ0v) is 9.47. The van der Waals surface area contributed by atoms with Crippen LogP contribution in [0.4, 0.5) is 5.69 Å². The van der Waals surface area contributed by atoms with Crippen LogP contribution in [-0.2, 0) is 4.79 Å². The summed E-state index contributed by atoms with van der Waals surface area (Å²) in [5.74, 6) is -1.33. The number of nitrogens with zero attached hydrogens (tertiary/aromatic N) is 2. The summed E-state index contributed by atoms with van der Waals surface area (Å²) in [5.41, 5.74) is 0.184. The van der Waals surface area contributed by atoms with Crippen LogP contribution in [-0.4, -0.2) is 12.5 Å². The van der Waals surface area contributed by atoms with Crippen molar-refractivity contribution in [2.24, 2.45) is 10.2 Å². The van der Waals surface area contributed by atoms with Crippen molar-refractivity contribution < 1.29 is 9.90 Å². The Hall–Kier alpha value is -0.840. The Morgan fingerprint density at radius 1 is 1.27 bits per heavy atom. The second-order valence-corrected chi connectivity index (χ2v) is 3.74. The highest BCUT2D eigenvalue weighted by atomic mass is 35.5. The number of carboxylic acid groups (broad SMARTS) is 1. The molecule has 0 aliphatic carbocycles. The second-order valence-electron chi connectivity index (χ2n) is 2.49. The molecule has 7 heteroatoms. The van der Waals surface area contributed by atoms with Crippen molar-refractivity contribution in [3.8, 4) is 0 Å². The first-order valence-corrected chi connectivity index (χ1v) is 4.86. The molecule has 0 amide bonds. The average Bonchev–Trinajstić information content (AvgIpc) is 2.08. The number of hydrogen-bond donors (Lipinski definition) is 0. The molecule has 0 saturated heterocycles. The van der Waals surface area contributed by atoms with Gasteiger partial charge in [0.25, 0.3) is 0 Å². The van der Waals surface area contributed by atoms with Crippen molar-refractivity contribution in [3.63, 3.8) is 0 Å². The quantitative estimate of drug-likeness (QED) is 0.789. The molecule has 0 aliphatic rings. The predicted molar refractivity (Wildman–Crippen MR) is 55.9 cm³/mol. The van der Waals surface area contributed by atoms with Gasteiger partial charge in [0.15, 0.2) is 0 Å². The van der Waals surface area contributed by atoms with Crippen LogP contribution in [0.5, 0.6) is 0 Å². The van der Waals surface area contributed by atoms with Crippen molar-refractivity contribution in [1.29, 1.82) is 0 Å². The van der Waals surface area contributed by atoms with Gasteiger partial charge in [0.1, 0.15) is 5.69 Å². The van der Waals surface area contributed by atoms with Crippen LogP contribution in [0.2, 0.25) is 15.1 Å². The molecule has 0 heterocycles. The van der Waals surface area contributed by atoms with Crippen LogP contribution in [0.25, 0.3) is 0 Å². The number of carbonyl (C=O) groups is 1. The van der Waals surface area contributed by atoms with Crippen LogP contribution >= 0.6 is 34.8 Å². The minimum atomic E-state index is -1.33. The Bertz CT molecular complexity index is 397. The Morgan fingerprint density at radius 2 is 1.80 bits per heavy atom. The molecule has 0 radical (unpaired) electrons. The summed E-state index contributed by atoms with van der Waals surface area (Å²) in [7, 11) is 0. The van der Waals surface area contributed by atoms with E-state index in [1.165, 1.54) is 12.1 Å². The number of halogens is 3. The molecule has 0 atom stereocenters. The Kier molecular flexibility index (Phi) is 4.32. The normalized spacial score (nSPS) is 10.9. The number of carbonyl (C=O) groups excluding carboxylic acids is 1. The van der Waals surface area contributed by atoms with Crippen LogP contribution in [0.1, 0.15) is 0 Å². The molecule has 80 valence electrons. The van der Waals surface area contributed by atoms with Gasteiger partial charge in [0.2, 0.25) is 0 Å². The van der Waals surface area contributed by atoms with E-state index in [1.54, 1.807) is 0 Å². The monoisotopic (exact) mass is 265 g/mol. The Balaban J connectivity index is 2.94. The van der Waals surface area contributed by atoms with E-state index in [1.807, 2.05) is 0 Å². The van der Waals surface area contributed by atoms with Gasteiger partial charge in [-0.25, -0.2) is 0 Å². The zero-order valence-electron chi connectivity index (χ0n) is 7.21. The molecule has 15 heavy (non-hydrogen) atoms. The lowest BCUT2D eigenvalue weighted by Gasteiger charge is -2.01. The van der Waals surface area contributed by atoms with E-state index in [4.69, 9.17) is 34.8 Å². The van der Waals surface area contributed by atoms with Crippen molar-refractivity contribution in [2.45, 2.75) is 0 Å². The number of hydrogen-bond acceptors (Lipinski definition) is 4. The maximum atomic E-state index is 10.1.